The van der Waals surface area contributed by atoms with Crippen molar-refractivity contribution in [2.75, 3.05) is 18.1 Å². The first-order chi connectivity index (χ1) is 5.05. The maximum absolute atomic E-state index is 10.7. The van der Waals surface area contributed by atoms with Crippen molar-refractivity contribution < 1.29 is 8.42 Å². The molecule has 0 aromatic carbocycles. The highest BCUT2D eigenvalue weighted by Crippen LogP contribution is 1.89. The van der Waals surface area contributed by atoms with Crippen LogP contribution in [0.25, 0.3) is 0 Å². The van der Waals surface area contributed by atoms with Gasteiger partial charge in [0.25, 0.3) is 0 Å². The first kappa shape index (κ1) is 11.0. The lowest BCUT2D eigenvalue weighted by molar-refractivity contribution is 0.597. The number of alkyl halides is 2. The molecule has 0 unspecified atom stereocenters. The Hall–Kier alpha value is -0.000000000000000111. The minimum atomic E-state index is -3.44. The van der Waals surface area contributed by atoms with Gasteiger partial charge >= 0.3 is 0 Å². The molecule has 0 aromatic rings. The van der Waals surface area contributed by atoms with E-state index in [1.54, 1.807) is 0 Å². The van der Waals surface area contributed by atoms with Gasteiger partial charge in [-0.25, -0.2) is 8.42 Å². The fourth-order valence-electron chi connectivity index (χ4n) is 0.339. The zero-order valence-electron chi connectivity index (χ0n) is 5.84. The first-order valence-electron chi connectivity index (χ1n) is 2.64. The van der Waals surface area contributed by atoms with Crippen LogP contribution in [-0.4, -0.2) is 32.4 Å². The van der Waals surface area contributed by atoms with Crippen LogP contribution in [0, 0.1) is 0 Å². The number of nitrogens with zero attached hydrogens (tertiary/aromatic N) is 1. The lowest BCUT2D eigenvalue weighted by atomic mass is 10.7. The Bertz CT molecular complexity index is 236. The van der Waals surface area contributed by atoms with Crippen molar-refractivity contribution in [1.29, 1.82) is 0 Å². The van der Waals surface area contributed by atoms with E-state index < -0.39 is 15.2 Å². The summed E-state index contributed by atoms with van der Waals surface area (Å²) in [6.45, 7) is 0. The average Bonchev–Trinajstić information content (AvgIpc) is 2.00. The Labute approximate surface area is 75.6 Å². The fraction of sp³-hybridized carbons (Fsp3) is 0.750. The van der Waals surface area contributed by atoms with Gasteiger partial charge in [-0.1, -0.05) is 0 Å². The molecule has 0 aliphatic heterocycles. The quantitative estimate of drug-likeness (QED) is 0.423. The predicted molar refractivity (Wildman–Crippen MR) is 46.9 cm³/mol. The number of hydrogen-bond donors (Lipinski definition) is 1. The highest BCUT2D eigenvalue weighted by molar-refractivity contribution is 7.91. The third kappa shape index (κ3) is 4.44. The van der Waals surface area contributed by atoms with Crippen molar-refractivity contribution >= 4 is 39.1 Å². The van der Waals surface area contributed by atoms with Crippen LogP contribution in [-0.2, 0) is 10.0 Å². The van der Waals surface area contributed by atoms with Crippen LogP contribution in [0.3, 0.4) is 0 Å². The molecule has 4 nitrogen and oxygen atoms in total. The van der Waals surface area contributed by atoms with Crippen molar-refractivity contribution in [1.82, 2.24) is 4.72 Å². The van der Waals surface area contributed by atoms with Crippen molar-refractivity contribution in [3.05, 3.63) is 0 Å². The van der Waals surface area contributed by atoms with Crippen molar-refractivity contribution in [2.45, 2.75) is 0 Å². The monoisotopic (exact) mass is 218 g/mol. The van der Waals surface area contributed by atoms with Gasteiger partial charge in [0.1, 0.15) is 11.0 Å². The molecular formula is C4H8Cl2N2O2S. The highest BCUT2D eigenvalue weighted by Gasteiger charge is 2.09. The fourth-order valence-corrected chi connectivity index (χ4v) is 1.35. The van der Waals surface area contributed by atoms with Crippen molar-refractivity contribution in [2.24, 2.45) is 4.99 Å². The van der Waals surface area contributed by atoms with E-state index in [1.807, 2.05) is 0 Å². The molecular weight excluding hydrogens is 211 g/mol. The third-order valence-corrected chi connectivity index (χ3v) is 2.76. The summed E-state index contributed by atoms with van der Waals surface area (Å²) in [6, 6.07) is 0. The molecule has 0 saturated heterocycles. The van der Waals surface area contributed by atoms with Crippen LogP contribution in [0.5, 0.6) is 0 Å². The van der Waals surface area contributed by atoms with Crippen molar-refractivity contribution in [3.8, 4) is 0 Å². The molecule has 11 heavy (non-hydrogen) atoms. The molecule has 0 heterocycles. The minimum absolute atomic E-state index is 0.0205. The molecule has 0 amide bonds. The van der Waals surface area contributed by atoms with E-state index in [1.165, 1.54) is 7.05 Å². The van der Waals surface area contributed by atoms with Crippen LogP contribution in [0.15, 0.2) is 4.99 Å². The Morgan fingerprint density at radius 1 is 1.55 bits per heavy atom. The van der Waals surface area contributed by atoms with E-state index in [9.17, 15) is 8.42 Å². The van der Waals surface area contributed by atoms with E-state index in [4.69, 9.17) is 23.2 Å². The number of nitrogens with one attached hydrogen (secondary N) is 1. The van der Waals surface area contributed by atoms with Gasteiger partial charge in [0.05, 0.1) is 5.88 Å². The molecule has 0 saturated carbocycles. The third-order valence-electron chi connectivity index (χ3n) is 0.813. The normalized spacial score (nSPS) is 13.2. The molecule has 66 valence electrons. The molecule has 0 bridgehead atoms. The molecule has 0 rings (SSSR count). The van der Waals surface area contributed by atoms with Gasteiger partial charge in [-0.15, -0.1) is 23.2 Å². The summed E-state index contributed by atoms with van der Waals surface area (Å²) >= 11 is 10.4. The molecule has 0 aliphatic carbocycles. The number of hydrogen-bond acceptors (Lipinski definition) is 3. The van der Waals surface area contributed by atoms with E-state index in [0.717, 1.165) is 0 Å². The number of aliphatic imine (C=N–C) groups is 1. The maximum Gasteiger partial charge on any atom is 0.247 e. The molecule has 0 fully saturated rings. The van der Waals surface area contributed by atoms with E-state index in [-0.39, 0.29) is 11.7 Å². The Morgan fingerprint density at radius 3 is 2.36 bits per heavy atom. The number of halogens is 2. The van der Waals surface area contributed by atoms with E-state index in [0.29, 0.717) is 0 Å². The molecule has 1 N–H and O–H groups in total. The molecule has 7 heteroatoms. The maximum atomic E-state index is 10.7. The number of rotatable bonds is 3. The van der Waals surface area contributed by atoms with Crippen molar-refractivity contribution in [3.63, 3.8) is 0 Å². The molecule has 0 spiro atoms. The summed E-state index contributed by atoms with van der Waals surface area (Å²) in [5, 5.41) is -0.497. The van der Waals surface area contributed by atoms with Gasteiger partial charge in [0.15, 0.2) is 0 Å². The second-order valence-corrected chi connectivity index (χ2v) is 4.20. The van der Waals surface area contributed by atoms with E-state index in [2.05, 4.69) is 9.71 Å². The van der Waals surface area contributed by atoms with E-state index >= 15 is 0 Å². The summed E-state index contributed by atoms with van der Waals surface area (Å²) < 4.78 is 23.6. The first-order valence-corrected chi connectivity index (χ1v) is 5.36. The van der Waals surface area contributed by atoms with Crippen LogP contribution in [0.1, 0.15) is 0 Å². The molecule has 0 radical (unpaired) electrons. The Balaban J connectivity index is 4.25. The van der Waals surface area contributed by atoms with Crippen LogP contribution in [0.2, 0.25) is 0 Å². The van der Waals surface area contributed by atoms with Gasteiger partial charge in [-0.2, -0.15) is 0 Å². The van der Waals surface area contributed by atoms with Crippen LogP contribution < -0.4 is 4.72 Å². The predicted octanol–water partition coefficient (Wildman–Crippen LogP) is 0.369. The van der Waals surface area contributed by atoms with Gasteiger partial charge in [0, 0.05) is 7.05 Å². The van der Waals surface area contributed by atoms with Crippen LogP contribution in [0.4, 0.5) is 0 Å². The zero-order chi connectivity index (χ0) is 8.91. The van der Waals surface area contributed by atoms with Gasteiger partial charge in [-0.3, -0.25) is 9.71 Å². The molecule has 0 aromatic heterocycles. The standard InChI is InChI=1S/C4H8Cl2N2O2S/c1-7-4(2-5)8-11(9,10)3-6/h2-3H2,1H3,(H,7,8). The summed E-state index contributed by atoms with van der Waals surface area (Å²) in [5.41, 5.74) is 0. The Morgan fingerprint density at radius 2 is 2.09 bits per heavy atom. The topological polar surface area (TPSA) is 58.5 Å². The molecule has 0 aliphatic rings. The largest absolute Gasteiger partial charge is 0.274 e. The lowest BCUT2D eigenvalue weighted by Crippen LogP contribution is -2.32. The number of amidine groups is 1. The van der Waals surface area contributed by atoms with Gasteiger partial charge in [0.2, 0.25) is 10.0 Å². The van der Waals surface area contributed by atoms with Gasteiger partial charge in [-0.05, 0) is 0 Å². The molecule has 0 atom stereocenters. The zero-order valence-corrected chi connectivity index (χ0v) is 8.17. The smallest absolute Gasteiger partial charge is 0.247 e. The number of sulfonamides is 1. The van der Waals surface area contributed by atoms with Crippen LogP contribution >= 0.6 is 23.2 Å². The second kappa shape index (κ2) is 4.79. The summed E-state index contributed by atoms with van der Waals surface area (Å²) in [5.74, 6) is 0.208. The second-order valence-electron chi connectivity index (χ2n) is 1.63. The summed E-state index contributed by atoms with van der Waals surface area (Å²) in [6.07, 6.45) is 0. The average molecular weight is 219 g/mol. The Kier molecular flexibility index (Phi) is 4.79. The summed E-state index contributed by atoms with van der Waals surface area (Å²) in [4.78, 5) is 3.58. The summed E-state index contributed by atoms with van der Waals surface area (Å²) in [7, 11) is -2.00. The highest BCUT2D eigenvalue weighted by atomic mass is 35.5. The van der Waals surface area contributed by atoms with Gasteiger partial charge < -0.3 is 0 Å². The lowest BCUT2D eigenvalue weighted by Gasteiger charge is -2.03. The SMILES string of the molecule is CN=C(CCl)NS(=O)(=O)CCl. The minimum Gasteiger partial charge on any atom is -0.274 e.